The number of hydrogen-bond acceptors (Lipinski definition) is 2. The molecule has 1 rings (SSSR count). The van der Waals surface area contributed by atoms with E-state index in [1.165, 1.54) is 6.92 Å². The Kier molecular flexibility index (Phi) is 2.87. The predicted octanol–water partition coefficient (Wildman–Crippen LogP) is 1.93. The highest BCUT2D eigenvalue weighted by Crippen LogP contribution is 2.24. The summed E-state index contributed by atoms with van der Waals surface area (Å²) in [5, 5.41) is 0. The lowest BCUT2D eigenvalue weighted by atomic mass is 10.1. The van der Waals surface area contributed by atoms with E-state index in [9.17, 15) is 13.2 Å². The summed E-state index contributed by atoms with van der Waals surface area (Å²) in [7, 11) is 0. The van der Waals surface area contributed by atoms with Crippen molar-refractivity contribution in [1.29, 1.82) is 0 Å². The largest absolute Gasteiger partial charge is 0.325 e. The molecule has 2 nitrogen and oxygen atoms in total. The number of pyridine rings is 1. The minimum atomic E-state index is -2.69. The number of nitrogens with zero attached hydrogens (tertiary/aromatic N) is 1. The van der Waals surface area contributed by atoms with Crippen LogP contribution < -0.4 is 5.73 Å². The zero-order chi connectivity index (χ0) is 10.0. The fraction of sp³-hybridized carbons (Fsp3) is 0.375. The molecule has 13 heavy (non-hydrogen) atoms. The molecule has 0 aliphatic rings. The molecule has 0 aromatic carbocycles. The predicted molar refractivity (Wildman–Crippen MR) is 41.8 cm³/mol. The first-order valence-electron chi connectivity index (χ1n) is 3.70. The van der Waals surface area contributed by atoms with Crippen molar-refractivity contribution < 1.29 is 13.2 Å². The molecule has 0 saturated carbocycles. The van der Waals surface area contributed by atoms with Gasteiger partial charge in [-0.1, -0.05) is 0 Å². The molecule has 0 fully saturated rings. The second-order valence-corrected chi connectivity index (χ2v) is 2.61. The first-order valence-corrected chi connectivity index (χ1v) is 3.70. The maximum absolute atomic E-state index is 12.7. The quantitative estimate of drug-likeness (QED) is 0.723. The van der Waals surface area contributed by atoms with Gasteiger partial charge in [0, 0.05) is 18.2 Å². The van der Waals surface area contributed by atoms with E-state index in [2.05, 4.69) is 4.98 Å². The number of nitrogens with two attached hydrogens (primary N) is 1. The van der Waals surface area contributed by atoms with E-state index < -0.39 is 12.4 Å². The first kappa shape index (κ1) is 9.98. The number of rotatable bonds is 2. The lowest BCUT2D eigenvalue weighted by Gasteiger charge is -2.08. The Hall–Kier alpha value is -1.10. The van der Waals surface area contributed by atoms with Crippen LogP contribution in [0.1, 0.15) is 23.2 Å². The maximum atomic E-state index is 12.7. The zero-order valence-electron chi connectivity index (χ0n) is 7.02. The Morgan fingerprint density at radius 2 is 2.15 bits per heavy atom. The smallest absolute Gasteiger partial charge is 0.264 e. The molecule has 2 N–H and O–H groups in total. The molecule has 0 aliphatic heterocycles. The van der Waals surface area contributed by atoms with E-state index in [1.807, 2.05) is 0 Å². The van der Waals surface area contributed by atoms with Crippen molar-refractivity contribution in [1.82, 2.24) is 4.98 Å². The van der Waals surface area contributed by atoms with Crippen LogP contribution in [0.15, 0.2) is 6.07 Å². The Labute approximate surface area is 73.6 Å². The maximum Gasteiger partial charge on any atom is 0.264 e. The van der Waals surface area contributed by atoms with Gasteiger partial charge in [-0.2, -0.15) is 4.39 Å². The van der Waals surface area contributed by atoms with E-state index in [4.69, 9.17) is 5.73 Å². The van der Waals surface area contributed by atoms with Crippen molar-refractivity contribution in [2.75, 3.05) is 0 Å². The minimum Gasteiger partial charge on any atom is -0.325 e. The standard InChI is InChI=1S/C8H9F3N2/c1-4-5(8(10)11)2-7(9)13-6(4)3-12/h2,8H,3,12H2,1H3. The fourth-order valence-electron chi connectivity index (χ4n) is 1.07. The van der Waals surface area contributed by atoms with Gasteiger partial charge in [0.1, 0.15) is 0 Å². The third-order valence-corrected chi connectivity index (χ3v) is 1.81. The Morgan fingerprint density at radius 3 is 2.62 bits per heavy atom. The van der Waals surface area contributed by atoms with Crippen molar-refractivity contribution in [3.05, 3.63) is 28.8 Å². The van der Waals surface area contributed by atoms with Crippen LogP contribution in [0.4, 0.5) is 13.2 Å². The van der Waals surface area contributed by atoms with Crippen LogP contribution in [0.3, 0.4) is 0 Å². The van der Waals surface area contributed by atoms with Crippen molar-refractivity contribution >= 4 is 0 Å². The summed E-state index contributed by atoms with van der Waals surface area (Å²) >= 11 is 0. The molecule has 1 heterocycles. The lowest BCUT2D eigenvalue weighted by Crippen LogP contribution is -2.07. The average molecular weight is 190 g/mol. The van der Waals surface area contributed by atoms with Crippen molar-refractivity contribution in [3.8, 4) is 0 Å². The average Bonchev–Trinajstić information content (AvgIpc) is 2.08. The highest BCUT2D eigenvalue weighted by Gasteiger charge is 2.15. The molecule has 0 amide bonds. The van der Waals surface area contributed by atoms with Gasteiger partial charge < -0.3 is 5.73 Å². The summed E-state index contributed by atoms with van der Waals surface area (Å²) in [6.07, 6.45) is -2.69. The molecular formula is C8H9F3N2. The second kappa shape index (κ2) is 3.74. The monoisotopic (exact) mass is 190 g/mol. The number of aromatic nitrogens is 1. The van der Waals surface area contributed by atoms with E-state index in [0.717, 1.165) is 6.07 Å². The molecule has 5 heteroatoms. The second-order valence-electron chi connectivity index (χ2n) is 2.61. The van der Waals surface area contributed by atoms with Gasteiger partial charge in [0.2, 0.25) is 5.95 Å². The summed E-state index contributed by atoms with van der Waals surface area (Å²) < 4.78 is 37.2. The van der Waals surface area contributed by atoms with Crippen LogP contribution in [-0.4, -0.2) is 4.98 Å². The number of halogens is 3. The van der Waals surface area contributed by atoms with Crippen molar-refractivity contribution in [3.63, 3.8) is 0 Å². The van der Waals surface area contributed by atoms with Gasteiger partial charge in [-0.05, 0) is 12.5 Å². The fourth-order valence-corrected chi connectivity index (χ4v) is 1.07. The summed E-state index contributed by atoms with van der Waals surface area (Å²) in [5.41, 5.74) is 5.31. The lowest BCUT2D eigenvalue weighted by molar-refractivity contribution is 0.149. The Bertz CT molecular complexity index is 313. The van der Waals surface area contributed by atoms with E-state index in [1.54, 1.807) is 0 Å². The molecule has 1 aromatic heterocycles. The highest BCUT2D eigenvalue weighted by atomic mass is 19.3. The molecule has 1 aromatic rings. The van der Waals surface area contributed by atoms with Crippen molar-refractivity contribution in [2.45, 2.75) is 19.9 Å². The zero-order valence-corrected chi connectivity index (χ0v) is 7.02. The molecule has 72 valence electrons. The highest BCUT2D eigenvalue weighted by molar-refractivity contribution is 5.29. The molecule has 0 saturated heterocycles. The minimum absolute atomic E-state index is 0.0384. The molecule has 0 unspecified atom stereocenters. The van der Waals surface area contributed by atoms with Crippen LogP contribution in [0.25, 0.3) is 0 Å². The number of alkyl halides is 2. The van der Waals surface area contributed by atoms with Gasteiger partial charge in [0.25, 0.3) is 6.43 Å². The summed E-state index contributed by atoms with van der Waals surface area (Å²) in [5.74, 6) is -0.915. The Balaban J connectivity index is 3.27. The van der Waals surface area contributed by atoms with Gasteiger partial charge >= 0.3 is 0 Å². The van der Waals surface area contributed by atoms with Crippen LogP contribution >= 0.6 is 0 Å². The first-order chi connectivity index (χ1) is 6.06. The molecule has 0 aliphatic carbocycles. The third kappa shape index (κ3) is 1.98. The SMILES string of the molecule is Cc1c(C(F)F)cc(F)nc1CN. The molecule has 0 bridgehead atoms. The summed E-state index contributed by atoms with van der Waals surface area (Å²) in [6.45, 7) is 1.42. The van der Waals surface area contributed by atoms with E-state index in [0.29, 0.717) is 0 Å². The van der Waals surface area contributed by atoms with Gasteiger partial charge in [0.05, 0.1) is 5.69 Å². The van der Waals surface area contributed by atoms with Gasteiger partial charge in [-0.25, -0.2) is 13.8 Å². The van der Waals surface area contributed by atoms with Crippen LogP contribution in [-0.2, 0) is 6.54 Å². The molecule has 0 atom stereocenters. The molecule has 0 spiro atoms. The molecule has 0 radical (unpaired) electrons. The number of hydrogen-bond donors (Lipinski definition) is 1. The van der Waals surface area contributed by atoms with Crippen LogP contribution in [0.5, 0.6) is 0 Å². The normalized spacial score (nSPS) is 10.9. The van der Waals surface area contributed by atoms with Gasteiger partial charge in [0.15, 0.2) is 0 Å². The molecular weight excluding hydrogens is 181 g/mol. The van der Waals surface area contributed by atoms with Gasteiger partial charge in [-0.3, -0.25) is 0 Å². The topological polar surface area (TPSA) is 38.9 Å². The van der Waals surface area contributed by atoms with E-state index in [-0.39, 0.29) is 23.4 Å². The third-order valence-electron chi connectivity index (χ3n) is 1.81. The van der Waals surface area contributed by atoms with Crippen LogP contribution in [0, 0.1) is 12.9 Å². The van der Waals surface area contributed by atoms with Crippen molar-refractivity contribution in [2.24, 2.45) is 5.73 Å². The summed E-state index contributed by atoms with van der Waals surface area (Å²) in [4.78, 5) is 3.41. The van der Waals surface area contributed by atoms with E-state index >= 15 is 0 Å². The van der Waals surface area contributed by atoms with Gasteiger partial charge in [-0.15, -0.1) is 0 Å². The summed E-state index contributed by atoms with van der Waals surface area (Å²) in [6, 6.07) is 0.735. The Morgan fingerprint density at radius 1 is 1.54 bits per heavy atom. The van der Waals surface area contributed by atoms with Crippen LogP contribution in [0.2, 0.25) is 0 Å².